The highest BCUT2D eigenvalue weighted by Crippen LogP contribution is 2.43. The molecule has 5 rings (SSSR count). The summed E-state index contributed by atoms with van der Waals surface area (Å²) < 4.78 is 2.25. The molecule has 1 N–H and O–H groups in total. The smallest absolute Gasteiger partial charge is 0.133 e. The Morgan fingerprint density at radius 1 is 0.970 bits per heavy atom. The molecule has 2 atom stereocenters. The number of aromatic nitrogens is 1. The number of rotatable bonds is 3. The second kappa shape index (κ2) is 7.76. The Morgan fingerprint density at radius 2 is 1.73 bits per heavy atom. The van der Waals surface area contributed by atoms with Crippen molar-refractivity contribution in [3.63, 3.8) is 0 Å². The van der Waals surface area contributed by atoms with E-state index in [4.69, 9.17) is 4.99 Å². The number of aromatic hydroxyl groups is 1. The maximum atomic E-state index is 10.3. The molecule has 170 valence electrons. The fourth-order valence-electron chi connectivity index (χ4n) is 5.36. The molecule has 2 aliphatic rings. The lowest BCUT2D eigenvalue weighted by Gasteiger charge is -2.35. The van der Waals surface area contributed by atoms with Gasteiger partial charge < -0.3 is 5.11 Å². The summed E-state index contributed by atoms with van der Waals surface area (Å²) in [7, 11) is 0. The number of fused-ring (bicyclic) bond motifs is 3. The maximum absolute atomic E-state index is 10.3. The van der Waals surface area contributed by atoms with Gasteiger partial charge in [-0.15, -0.1) is 0 Å². The Labute approximate surface area is 197 Å². The second-order valence-electron chi connectivity index (χ2n) is 11.2. The third kappa shape index (κ3) is 3.74. The van der Waals surface area contributed by atoms with Crippen LogP contribution in [0.15, 0.2) is 65.7 Å². The standard InChI is InChI=1S/C30H34N2O/c1-29(2,3)21-15-16-31-28(18-21)32-26-14-11-22(30(4,5)20-9-7-6-8-10-20)17-25(26)24-13-12-23(33)19-27(24)32/h6-14,16,18-19,21-22,33H,15,17H2,1-5H3. The molecule has 3 aromatic rings. The molecular weight excluding hydrogens is 404 g/mol. The highest BCUT2D eigenvalue weighted by molar-refractivity contribution is 5.93. The predicted octanol–water partition coefficient (Wildman–Crippen LogP) is 7.45. The molecule has 2 unspecified atom stereocenters. The molecule has 0 fully saturated rings. The van der Waals surface area contributed by atoms with Gasteiger partial charge in [0.1, 0.15) is 11.6 Å². The van der Waals surface area contributed by atoms with E-state index >= 15 is 0 Å². The van der Waals surface area contributed by atoms with Crippen molar-refractivity contribution >= 4 is 29.0 Å². The van der Waals surface area contributed by atoms with Gasteiger partial charge >= 0.3 is 0 Å². The van der Waals surface area contributed by atoms with Crippen LogP contribution in [-0.4, -0.2) is 15.9 Å². The molecule has 2 aromatic carbocycles. The lowest BCUT2D eigenvalue weighted by atomic mass is 9.69. The van der Waals surface area contributed by atoms with Gasteiger partial charge in [-0.05, 0) is 70.9 Å². The van der Waals surface area contributed by atoms with Crippen LogP contribution in [0.2, 0.25) is 0 Å². The fourth-order valence-corrected chi connectivity index (χ4v) is 5.36. The van der Waals surface area contributed by atoms with E-state index in [9.17, 15) is 5.11 Å². The van der Waals surface area contributed by atoms with E-state index in [0.717, 1.165) is 24.2 Å². The minimum Gasteiger partial charge on any atom is -0.508 e. The molecule has 2 heterocycles. The molecular formula is C30H34N2O. The van der Waals surface area contributed by atoms with Crippen molar-refractivity contribution in [3.05, 3.63) is 77.5 Å². The first-order valence-electron chi connectivity index (χ1n) is 12.0. The van der Waals surface area contributed by atoms with Crippen molar-refractivity contribution in [2.45, 2.75) is 52.9 Å². The van der Waals surface area contributed by atoms with Crippen LogP contribution in [0.25, 0.3) is 22.8 Å². The van der Waals surface area contributed by atoms with Crippen molar-refractivity contribution in [2.24, 2.45) is 22.2 Å². The Bertz CT molecular complexity index is 1280. The first kappa shape index (κ1) is 21.8. The monoisotopic (exact) mass is 438 g/mol. The van der Waals surface area contributed by atoms with Crippen LogP contribution in [0.1, 0.15) is 57.9 Å². The topological polar surface area (TPSA) is 37.5 Å². The number of phenols is 1. The van der Waals surface area contributed by atoms with Gasteiger partial charge in [0.15, 0.2) is 0 Å². The zero-order chi connectivity index (χ0) is 23.4. The first-order chi connectivity index (χ1) is 15.7. The predicted molar refractivity (Wildman–Crippen MR) is 140 cm³/mol. The highest BCUT2D eigenvalue weighted by Gasteiger charge is 2.34. The third-order valence-electron chi connectivity index (χ3n) is 7.73. The van der Waals surface area contributed by atoms with E-state index < -0.39 is 0 Å². The van der Waals surface area contributed by atoms with Gasteiger partial charge in [0.2, 0.25) is 0 Å². The molecule has 0 radical (unpaired) electrons. The Balaban J connectivity index is 1.64. The minimum atomic E-state index is 0.0143. The Kier molecular flexibility index (Phi) is 5.12. The van der Waals surface area contributed by atoms with Gasteiger partial charge in [0, 0.05) is 17.7 Å². The van der Waals surface area contributed by atoms with Gasteiger partial charge in [-0.25, -0.2) is 4.99 Å². The van der Waals surface area contributed by atoms with Crippen LogP contribution in [0.4, 0.5) is 0 Å². The number of hydrogen-bond donors (Lipinski definition) is 1. The minimum absolute atomic E-state index is 0.0143. The van der Waals surface area contributed by atoms with Crippen molar-refractivity contribution in [3.8, 4) is 5.75 Å². The summed E-state index contributed by atoms with van der Waals surface area (Å²) in [5.74, 6) is 2.05. The van der Waals surface area contributed by atoms with Crippen LogP contribution in [-0.2, 0) is 11.8 Å². The van der Waals surface area contributed by atoms with Gasteiger partial charge in [-0.3, -0.25) is 4.57 Å². The van der Waals surface area contributed by atoms with Gasteiger partial charge in [0.25, 0.3) is 0 Å². The molecule has 0 amide bonds. The van der Waals surface area contributed by atoms with Crippen molar-refractivity contribution in [1.82, 2.24) is 4.57 Å². The van der Waals surface area contributed by atoms with Crippen LogP contribution in [0, 0.1) is 17.3 Å². The van der Waals surface area contributed by atoms with Crippen LogP contribution >= 0.6 is 0 Å². The Morgan fingerprint density at radius 3 is 2.45 bits per heavy atom. The van der Waals surface area contributed by atoms with Crippen molar-refractivity contribution in [1.29, 1.82) is 0 Å². The third-order valence-corrected chi connectivity index (χ3v) is 7.73. The van der Waals surface area contributed by atoms with Crippen LogP contribution < -0.4 is 0 Å². The van der Waals surface area contributed by atoms with Gasteiger partial charge in [-0.2, -0.15) is 0 Å². The molecule has 0 spiro atoms. The number of hydrogen-bond acceptors (Lipinski definition) is 2. The molecule has 0 saturated carbocycles. The summed E-state index contributed by atoms with van der Waals surface area (Å²) in [4.78, 5) is 4.82. The summed E-state index contributed by atoms with van der Waals surface area (Å²) in [5, 5.41) is 11.5. The normalized spacial score (nSPS) is 20.7. The average molecular weight is 439 g/mol. The summed E-state index contributed by atoms with van der Waals surface area (Å²) in [5.41, 5.74) is 5.10. The van der Waals surface area contributed by atoms with E-state index in [1.807, 2.05) is 6.07 Å². The van der Waals surface area contributed by atoms with Gasteiger partial charge in [-0.1, -0.05) is 71.0 Å². The van der Waals surface area contributed by atoms with Crippen LogP contribution in [0.3, 0.4) is 0 Å². The summed E-state index contributed by atoms with van der Waals surface area (Å²) in [6, 6.07) is 16.6. The van der Waals surface area contributed by atoms with Crippen molar-refractivity contribution in [2.75, 3.05) is 0 Å². The summed E-state index contributed by atoms with van der Waals surface area (Å²) >= 11 is 0. The maximum Gasteiger partial charge on any atom is 0.133 e. The zero-order valence-corrected chi connectivity index (χ0v) is 20.3. The van der Waals surface area contributed by atoms with E-state index in [0.29, 0.717) is 11.8 Å². The first-order valence-corrected chi connectivity index (χ1v) is 12.0. The molecule has 3 heteroatoms. The number of allylic oxidation sites excluding steroid dienone is 2. The molecule has 0 bridgehead atoms. The van der Waals surface area contributed by atoms with E-state index in [2.05, 4.69) is 100 Å². The molecule has 33 heavy (non-hydrogen) atoms. The fraction of sp³-hybridized carbons (Fsp3) is 0.367. The number of benzene rings is 2. The molecule has 0 saturated heterocycles. The molecule has 1 aliphatic carbocycles. The average Bonchev–Trinajstić information content (AvgIpc) is 3.11. The zero-order valence-electron chi connectivity index (χ0n) is 20.3. The lowest BCUT2D eigenvalue weighted by molar-refractivity contribution is 0.300. The summed E-state index contributed by atoms with van der Waals surface area (Å²) in [6.07, 6.45) is 10.9. The second-order valence-corrected chi connectivity index (χ2v) is 11.2. The molecule has 1 aliphatic heterocycles. The van der Waals surface area contributed by atoms with E-state index in [-0.39, 0.29) is 16.6 Å². The van der Waals surface area contributed by atoms with Crippen molar-refractivity contribution < 1.29 is 5.11 Å². The SMILES string of the molecule is CC(C)(C)C1C=C(n2c3c(c4ccc(O)cc42)CC(C(C)(C)c2ccccc2)C=C3)N=CC1. The van der Waals surface area contributed by atoms with Gasteiger partial charge in [0.05, 0.1) is 11.2 Å². The number of phenolic OH excluding ortho intramolecular Hbond substituents is 1. The summed E-state index contributed by atoms with van der Waals surface area (Å²) in [6.45, 7) is 11.5. The largest absolute Gasteiger partial charge is 0.508 e. The van der Waals surface area contributed by atoms with E-state index in [1.54, 1.807) is 6.07 Å². The van der Waals surface area contributed by atoms with E-state index in [1.165, 1.54) is 22.2 Å². The van der Waals surface area contributed by atoms with Crippen LogP contribution in [0.5, 0.6) is 5.75 Å². The molecule has 3 nitrogen and oxygen atoms in total. The quantitative estimate of drug-likeness (QED) is 0.453. The lowest BCUT2D eigenvalue weighted by Crippen LogP contribution is -2.30. The molecule has 1 aromatic heterocycles. The highest BCUT2D eigenvalue weighted by atomic mass is 16.3. The number of aliphatic imine (C=N–C) groups is 1. The number of nitrogens with zero attached hydrogens (tertiary/aromatic N) is 2. The Hall–Kier alpha value is -3.07.